The number of hydrogen-bond acceptors (Lipinski definition) is 7. The molecule has 3 heterocycles. The molecule has 0 spiro atoms. The lowest BCUT2D eigenvalue weighted by Crippen LogP contribution is -2.42. The highest BCUT2D eigenvalue weighted by Gasteiger charge is 2.32. The first kappa shape index (κ1) is 51.6. The first-order valence-corrected chi connectivity index (χ1v) is 24.6. The van der Waals surface area contributed by atoms with Gasteiger partial charge in [-0.1, -0.05) is 114 Å². The molecule has 0 bridgehead atoms. The van der Waals surface area contributed by atoms with E-state index in [1.54, 1.807) is 70.5 Å². The Kier molecular flexibility index (Phi) is 17.9. The quantitative estimate of drug-likeness (QED) is 0.104. The number of likely N-dealkylation sites (tertiary alicyclic amines) is 3. The van der Waals surface area contributed by atoms with Gasteiger partial charge in [-0.25, -0.2) is 4.85 Å². The van der Waals surface area contributed by atoms with E-state index in [4.69, 9.17) is 11.8 Å². The highest BCUT2D eigenvalue weighted by Crippen LogP contribution is 2.26. The largest absolute Gasteiger partial charge is 0.338 e. The van der Waals surface area contributed by atoms with E-state index in [1.807, 2.05) is 122 Å². The molecule has 3 aliphatic rings. The minimum Gasteiger partial charge on any atom is -0.338 e. The number of amides is 3. The van der Waals surface area contributed by atoms with Crippen LogP contribution in [0.4, 0.5) is 5.69 Å². The van der Waals surface area contributed by atoms with E-state index in [0.717, 1.165) is 61.8 Å². The number of nitriles is 1. The lowest BCUT2D eigenvalue weighted by molar-refractivity contribution is 0.0624. The lowest BCUT2D eigenvalue weighted by Gasteiger charge is -2.32. The standard InChI is InChI=1S/C21H20N2O2.C20H18N2O2.C20H21NO2/c1-15-4-8-17(9-5-15)20(24)19-3-2-12-23(14-19)21(25)18-10-6-16(13-22)7-11-18;1-21-18-11-9-15(10-12-18)19(23)17-8-5-13-22(14-17)20(24)16-6-3-2-4-7-16;1-15-7-5-10-17(13-15)19(22)18-11-6-12-21(14-18)20(23)16-8-3-2-4-9-16/h4-11,19H,2-3,12,14H2,1H3;2-4,6-7,9-12,17H,5,8,13-14H2;2-5,7-10,13,18H,6,11-12,14H2,1H3. The van der Waals surface area contributed by atoms with Gasteiger partial charge in [0.05, 0.1) is 18.2 Å². The van der Waals surface area contributed by atoms with Crippen molar-refractivity contribution in [1.82, 2.24) is 14.7 Å². The number of rotatable bonds is 9. The third kappa shape index (κ3) is 13.5. The van der Waals surface area contributed by atoms with Gasteiger partial charge in [0.25, 0.3) is 17.7 Å². The molecule has 11 heteroatoms. The normalized spacial score (nSPS) is 17.3. The fourth-order valence-electron chi connectivity index (χ4n) is 9.45. The van der Waals surface area contributed by atoms with E-state index in [-0.39, 0.29) is 52.8 Å². The van der Waals surface area contributed by atoms with E-state index in [2.05, 4.69) is 4.85 Å². The molecule has 0 N–H and O–H groups in total. The van der Waals surface area contributed by atoms with Crippen molar-refractivity contribution in [1.29, 1.82) is 5.26 Å². The molecule has 9 rings (SSSR count). The Labute approximate surface area is 422 Å². The molecule has 72 heavy (non-hydrogen) atoms. The number of hydrogen-bond donors (Lipinski definition) is 0. The Hall–Kier alpha value is -8.28. The fourth-order valence-corrected chi connectivity index (χ4v) is 9.45. The molecule has 0 radical (unpaired) electrons. The van der Waals surface area contributed by atoms with E-state index in [9.17, 15) is 28.8 Å². The van der Waals surface area contributed by atoms with Gasteiger partial charge in [-0.15, -0.1) is 0 Å². The summed E-state index contributed by atoms with van der Waals surface area (Å²) in [5.41, 5.74) is 7.25. The van der Waals surface area contributed by atoms with Crippen LogP contribution in [0.2, 0.25) is 0 Å². The van der Waals surface area contributed by atoms with Crippen molar-refractivity contribution < 1.29 is 28.8 Å². The summed E-state index contributed by atoms with van der Waals surface area (Å²) in [4.78, 5) is 84.6. The third-order valence-corrected chi connectivity index (χ3v) is 13.5. The summed E-state index contributed by atoms with van der Waals surface area (Å²) < 4.78 is 0. The van der Waals surface area contributed by atoms with Gasteiger partial charge in [-0.2, -0.15) is 5.26 Å². The molecule has 3 atom stereocenters. The number of aryl methyl sites for hydroxylation is 2. The molecule has 3 aliphatic heterocycles. The monoisotopic (exact) mass is 957 g/mol. The zero-order valence-corrected chi connectivity index (χ0v) is 40.9. The minimum atomic E-state index is -0.176. The summed E-state index contributed by atoms with van der Waals surface area (Å²) in [5.74, 6) is -0.189. The van der Waals surface area contributed by atoms with Gasteiger partial charge in [-0.05, 0) is 107 Å². The SMILES string of the molecule is Cc1ccc(C(=O)C2CCCN(C(=O)c3ccc(C#N)cc3)C2)cc1.Cc1cccc(C(=O)C2CCCN(C(=O)c3ccccc3)C2)c1.[C-]#[N+]c1ccc(C(=O)C2CCCN(C(=O)c3ccccc3)C2)cc1. The fraction of sp³-hybridized carbons (Fsp3) is 0.279. The van der Waals surface area contributed by atoms with Crippen molar-refractivity contribution in [3.8, 4) is 6.07 Å². The lowest BCUT2D eigenvalue weighted by atomic mass is 9.89. The van der Waals surface area contributed by atoms with E-state index in [0.29, 0.717) is 71.8 Å². The average Bonchev–Trinajstić information content (AvgIpc) is 3.45. The first-order chi connectivity index (χ1) is 34.9. The number of carbonyl (C=O) groups excluding carboxylic acids is 6. The molecular formula is C61H59N5O6. The maximum absolute atomic E-state index is 12.7. The average molecular weight is 958 g/mol. The van der Waals surface area contributed by atoms with Crippen LogP contribution in [0, 0.1) is 49.5 Å². The summed E-state index contributed by atoms with van der Waals surface area (Å²) in [6.07, 6.45) is 4.98. The van der Waals surface area contributed by atoms with Crippen LogP contribution in [-0.2, 0) is 0 Å². The molecule has 3 fully saturated rings. The number of nitrogens with zero attached hydrogens (tertiary/aromatic N) is 5. The summed E-state index contributed by atoms with van der Waals surface area (Å²) in [7, 11) is 0. The molecule has 0 saturated carbocycles. The van der Waals surface area contributed by atoms with Crippen LogP contribution >= 0.6 is 0 Å². The zero-order chi connectivity index (χ0) is 51.0. The maximum Gasteiger partial charge on any atom is 0.253 e. The van der Waals surface area contributed by atoms with E-state index >= 15 is 0 Å². The number of piperidine rings is 3. The molecule has 0 aliphatic carbocycles. The van der Waals surface area contributed by atoms with Crippen molar-refractivity contribution in [2.45, 2.75) is 52.4 Å². The predicted molar refractivity (Wildman–Crippen MR) is 278 cm³/mol. The van der Waals surface area contributed by atoms with Crippen LogP contribution in [0.3, 0.4) is 0 Å². The number of Topliss-reactive ketones (excluding diaryl/α,β-unsaturated/α-hetero) is 3. The maximum atomic E-state index is 12.7. The van der Waals surface area contributed by atoms with Crippen LogP contribution in [-0.4, -0.2) is 89.0 Å². The number of benzene rings is 6. The van der Waals surface area contributed by atoms with Gasteiger partial charge in [0.1, 0.15) is 0 Å². The molecule has 3 amide bonds. The second kappa shape index (κ2) is 25.0. The second-order valence-corrected chi connectivity index (χ2v) is 18.7. The van der Waals surface area contributed by atoms with Gasteiger partial charge in [0.2, 0.25) is 0 Å². The Balaban J connectivity index is 0.000000159. The van der Waals surface area contributed by atoms with Crippen LogP contribution in [0.5, 0.6) is 0 Å². The molecule has 6 aromatic rings. The smallest absolute Gasteiger partial charge is 0.253 e. The second-order valence-electron chi connectivity index (χ2n) is 18.7. The molecule has 6 aromatic carbocycles. The van der Waals surface area contributed by atoms with Gasteiger partial charge >= 0.3 is 0 Å². The first-order valence-electron chi connectivity index (χ1n) is 24.6. The highest BCUT2D eigenvalue weighted by atomic mass is 16.2. The third-order valence-electron chi connectivity index (χ3n) is 13.5. The van der Waals surface area contributed by atoms with Gasteiger partial charge in [0.15, 0.2) is 23.0 Å². The van der Waals surface area contributed by atoms with Gasteiger partial charge in [-0.3, -0.25) is 28.8 Å². The van der Waals surface area contributed by atoms with Crippen molar-refractivity contribution >= 4 is 40.8 Å². The molecule has 364 valence electrons. The van der Waals surface area contributed by atoms with Crippen molar-refractivity contribution in [3.05, 3.63) is 219 Å². The van der Waals surface area contributed by atoms with Crippen molar-refractivity contribution in [3.63, 3.8) is 0 Å². The summed E-state index contributed by atoms with van der Waals surface area (Å²) in [5, 5.41) is 8.85. The highest BCUT2D eigenvalue weighted by molar-refractivity contribution is 6.01. The van der Waals surface area contributed by atoms with Crippen LogP contribution in [0.1, 0.15) is 117 Å². The molecule has 11 nitrogen and oxygen atoms in total. The minimum absolute atomic E-state index is 0.0172. The molecule has 0 aromatic heterocycles. The number of carbonyl (C=O) groups is 6. The van der Waals surface area contributed by atoms with Gasteiger partial charge < -0.3 is 14.7 Å². The zero-order valence-electron chi connectivity index (χ0n) is 40.9. The van der Waals surface area contributed by atoms with Crippen LogP contribution in [0.15, 0.2) is 158 Å². The van der Waals surface area contributed by atoms with E-state index in [1.165, 1.54) is 0 Å². The Bertz CT molecular complexity index is 2940. The van der Waals surface area contributed by atoms with Gasteiger partial charge in [0, 0.05) is 90.4 Å². The number of ketones is 3. The Morgan fingerprint density at radius 1 is 0.458 bits per heavy atom. The Morgan fingerprint density at radius 2 is 0.833 bits per heavy atom. The summed E-state index contributed by atoms with van der Waals surface area (Å²) >= 11 is 0. The summed E-state index contributed by atoms with van der Waals surface area (Å²) in [6.45, 7) is 14.4. The van der Waals surface area contributed by atoms with E-state index < -0.39 is 0 Å². The van der Waals surface area contributed by atoms with Crippen molar-refractivity contribution in [2.24, 2.45) is 17.8 Å². The molecule has 3 saturated heterocycles. The topological polar surface area (TPSA) is 140 Å². The van der Waals surface area contributed by atoms with Crippen LogP contribution in [0.25, 0.3) is 4.85 Å². The predicted octanol–water partition coefficient (Wildman–Crippen LogP) is 11.3. The van der Waals surface area contributed by atoms with Crippen LogP contribution < -0.4 is 0 Å². The Morgan fingerprint density at radius 3 is 1.24 bits per heavy atom. The molecule has 3 unspecified atom stereocenters. The van der Waals surface area contributed by atoms with Crippen molar-refractivity contribution in [2.75, 3.05) is 39.3 Å². The summed E-state index contributed by atoms with van der Waals surface area (Å²) in [6, 6.07) is 49.2. The molecular weight excluding hydrogens is 899 g/mol.